The van der Waals surface area contributed by atoms with Crippen molar-refractivity contribution >= 4 is 33.4 Å². The zero-order valence-electron chi connectivity index (χ0n) is 27.2. The van der Waals surface area contributed by atoms with E-state index in [2.05, 4.69) is 63.1 Å². The Bertz CT molecular complexity index is 2660. The Kier molecular flexibility index (Phi) is 6.98. The Labute approximate surface area is 293 Å². The molecule has 1 amide bonds. The van der Waals surface area contributed by atoms with Gasteiger partial charge in [-0.3, -0.25) is 4.79 Å². The van der Waals surface area contributed by atoms with Gasteiger partial charge in [0.1, 0.15) is 23.5 Å². The molecule has 0 spiro atoms. The summed E-state index contributed by atoms with van der Waals surface area (Å²) in [6, 6.07) is 51.6. The molecule has 1 aliphatic rings. The third-order valence-electron chi connectivity index (χ3n) is 9.53. The molecule has 9 rings (SSSR count). The van der Waals surface area contributed by atoms with Gasteiger partial charge in [-0.1, -0.05) is 103 Å². The summed E-state index contributed by atoms with van der Waals surface area (Å²) in [5, 5.41) is 21.3. The van der Waals surface area contributed by atoms with Crippen molar-refractivity contribution in [3.8, 4) is 51.5 Å². The topological polar surface area (TPSA) is 98.6 Å². The number of benzene rings is 5. The summed E-state index contributed by atoms with van der Waals surface area (Å²) in [6.07, 6.45) is 0. The van der Waals surface area contributed by atoms with Gasteiger partial charge in [0.25, 0.3) is 5.91 Å². The van der Waals surface area contributed by atoms with Crippen LogP contribution >= 0.6 is 0 Å². The summed E-state index contributed by atoms with van der Waals surface area (Å²) >= 11 is 0. The Morgan fingerprint density at radius 3 is 1.69 bits per heavy atom. The van der Waals surface area contributed by atoms with E-state index in [9.17, 15) is 15.3 Å². The second-order valence-corrected chi connectivity index (χ2v) is 12.4. The first kappa shape index (κ1) is 29.8. The highest BCUT2D eigenvalue weighted by Crippen LogP contribution is 2.43. The number of amides is 1. The minimum absolute atomic E-state index is 0.0905. The van der Waals surface area contributed by atoms with Crippen molar-refractivity contribution in [1.29, 1.82) is 10.5 Å². The molecule has 3 aromatic heterocycles. The number of para-hydroxylation sites is 2. The van der Waals surface area contributed by atoms with Crippen molar-refractivity contribution in [3.05, 3.63) is 168 Å². The van der Waals surface area contributed by atoms with Gasteiger partial charge in [0.2, 0.25) is 0 Å². The molecule has 7 heteroatoms. The standard InChI is InChI=1S/C44H26N6O/c45-25-31-12-5-18-38(47-31)36-16-7-14-34-35-15-8-17-37(39-19-6-13-32(26-46)48-39)43(35)50(42(34)36)40-20-4-11-30-27-49(44(51)41(30)40)33-23-21-29(22-24-33)28-9-2-1-3-10-28/h1-24H,27H2. The molecule has 51 heavy (non-hydrogen) atoms. The quantitative estimate of drug-likeness (QED) is 0.184. The molecule has 0 saturated carbocycles. The van der Waals surface area contributed by atoms with E-state index in [0.717, 1.165) is 61.0 Å². The smallest absolute Gasteiger partial charge is 0.261 e. The minimum Gasteiger partial charge on any atom is -0.307 e. The lowest BCUT2D eigenvalue weighted by molar-refractivity contribution is 0.0996. The maximum atomic E-state index is 14.6. The lowest BCUT2D eigenvalue weighted by Gasteiger charge is -2.18. The van der Waals surface area contributed by atoms with Gasteiger partial charge in [-0.15, -0.1) is 0 Å². The van der Waals surface area contributed by atoms with E-state index < -0.39 is 0 Å². The molecular weight excluding hydrogens is 629 g/mol. The number of hydrogen-bond acceptors (Lipinski definition) is 5. The second-order valence-electron chi connectivity index (χ2n) is 12.4. The van der Waals surface area contributed by atoms with E-state index in [1.165, 1.54) is 0 Å². The summed E-state index contributed by atoms with van der Waals surface area (Å²) in [5.74, 6) is -0.0905. The van der Waals surface area contributed by atoms with Gasteiger partial charge < -0.3 is 9.47 Å². The fourth-order valence-corrected chi connectivity index (χ4v) is 7.27. The molecule has 4 heterocycles. The van der Waals surface area contributed by atoms with E-state index in [0.29, 0.717) is 34.9 Å². The number of nitriles is 2. The SMILES string of the molecule is N#Cc1cccc(-c2cccc3c4cccc(-c5cccc(C#N)n5)c4n(-c4cccc5c4C(=O)N(c4ccc(-c6ccccc6)cc4)C5)c23)n1. The Morgan fingerprint density at radius 1 is 0.549 bits per heavy atom. The van der Waals surface area contributed by atoms with Gasteiger partial charge in [0.15, 0.2) is 0 Å². The summed E-state index contributed by atoms with van der Waals surface area (Å²) in [5.41, 5.74) is 10.6. The van der Waals surface area contributed by atoms with Crippen LogP contribution in [0.15, 0.2) is 146 Å². The average Bonchev–Trinajstić information content (AvgIpc) is 3.73. The number of rotatable bonds is 5. The van der Waals surface area contributed by atoms with Crippen molar-refractivity contribution in [2.75, 3.05) is 4.90 Å². The number of fused-ring (bicyclic) bond motifs is 4. The molecule has 0 N–H and O–H groups in total. The zero-order valence-corrected chi connectivity index (χ0v) is 27.2. The summed E-state index contributed by atoms with van der Waals surface area (Å²) < 4.78 is 2.15. The highest BCUT2D eigenvalue weighted by atomic mass is 16.2. The van der Waals surface area contributed by atoms with Crippen molar-refractivity contribution in [2.24, 2.45) is 0 Å². The Morgan fingerprint density at radius 2 is 1.10 bits per heavy atom. The first-order valence-electron chi connectivity index (χ1n) is 16.5. The number of carbonyl (C=O) groups excluding carboxylic acids is 1. The van der Waals surface area contributed by atoms with Crippen LogP contribution in [0, 0.1) is 22.7 Å². The van der Waals surface area contributed by atoms with E-state index in [-0.39, 0.29) is 5.91 Å². The van der Waals surface area contributed by atoms with Crippen LogP contribution in [0.25, 0.3) is 61.1 Å². The highest BCUT2D eigenvalue weighted by molar-refractivity contribution is 6.19. The molecule has 0 fully saturated rings. The lowest BCUT2D eigenvalue weighted by Crippen LogP contribution is -2.23. The first-order valence-corrected chi connectivity index (χ1v) is 16.5. The predicted molar refractivity (Wildman–Crippen MR) is 199 cm³/mol. The number of anilines is 1. The van der Waals surface area contributed by atoms with Crippen LogP contribution in [0.4, 0.5) is 5.69 Å². The molecule has 0 atom stereocenters. The van der Waals surface area contributed by atoms with Gasteiger partial charge in [0, 0.05) is 27.6 Å². The number of nitrogens with zero attached hydrogens (tertiary/aromatic N) is 6. The fourth-order valence-electron chi connectivity index (χ4n) is 7.27. The van der Waals surface area contributed by atoms with Gasteiger partial charge >= 0.3 is 0 Å². The van der Waals surface area contributed by atoms with Crippen molar-refractivity contribution in [3.63, 3.8) is 0 Å². The molecule has 0 unspecified atom stereocenters. The van der Waals surface area contributed by atoms with Crippen LogP contribution in [0.3, 0.4) is 0 Å². The number of carbonyl (C=O) groups is 1. The number of aromatic nitrogens is 3. The minimum atomic E-state index is -0.0905. The van der Waals surface area contributed by atoms with Crippen LogP contribution in [-0.4, -0.2) is 20.4 Å². The van der Waals surface area contributed by atoms with Gasteiger partial charge in [-0.25, -0.2) is 9.97 Å². The highest BCUT2D eigenvalue weighted by Gasteiger charge is 2.33. The second kappa shape index (κ2) is 12.0. The van der Waals surface area contributed by atoms with Crippen LogP contribution < -0.4 is 4.90 Å². The number of pyridine rings is 2. The first-order chi connectivity index (χ1) is 25.1. The molecule has 8 aromatic rings. The van der Waals surface area contributed by atoms with Gasteiger partial charge in [-0.05, 0) is 59.2 Å². The van der Waals surface area contributed by atoms with Crippen LogP contribution in [0.2, 0.25) is 0 Å². The molecule has 0 bridgehead atoms. The largest absolute Gasteiger partial charge is 0.307 e. The fraction of sp³-hybridized carbons (Fsp3) is 0.0227. The molecule has 7 nitrogen and oxygen atoms in total. The maximum Gasteiger partial charge on any atom is 0.261 e. The predicted octanol–water partition coefficient (Wildman–Crippen LogP) is 9.48. The van der Waals surface area contributed by atoms with E-state index in [1.54, 1.807) is 12.1 Å². The van der Waals surface area contributed by atoms with Gasteiger partial charge in [0.05, 0.1) is 40.2 Å². The zero-order chi connectivity index (χ0) is 34.5. The van der Waals surface area contributed by atoms with Crippen molar-refractivity contribution in [1.82, 2.24) is 14.5 Å². The molecule has 1 aliphatic heterocycles. The van der Waals surface area contributed by atoms with E-state index in [1.807, 2.05) is 102 Å². The van der Waals surface area contributed by atoms with Crippen molar-refractivity contribution < 1.29 is 4.79 Å². The molecule has 238 valence electrons. The van der Waals surface area contributed by atoms with Gasteiger partial charge in [-0.2, -0.15) is 10.5 Å². The normalized spacial score (nSPS) is 12.2. The van der Waals surface area contributed by atoms with Crippen molar-refractivity contribution in [2.45, 2.75) is 6.54 Å². The Hall–Kier alpha value is -7.35. The third kappa shape index (κ3) is 4.84. The molecule has 0 radical (unpaired) electrons. The summed E-state index contributed by atoms with van der Waals surface area (Å²) in [4.78, 5) is 25.8. The lowest BCUT2D eigenvalue weighted by atomic mass is 10.0. The maximum absolute atomic E-state index is 14.6. The number of hydrogen-bond donors (Lipinski definition) is 0. The van der Waals surface area contributed by atoms with Crippen LogP contribution in [-0.2, 0) is 6.54 Å². The Balaban J connectivity index is 1.29. The summed E-state index contributed by atoms with van der Waals surface area (Å²) in [6.45, 7) is 0.432. The molecule has 0 aliphatic carbocycles. The van der Waals surface area contributed by atoms with E-state index in [4.69, 9.17) is 0 Å². The van der Waals surface area contributed by atoms with Crippen LogP contribution in [0.5, 0.6) is 0 Å². The molecule has 5 aromatic carbocycles. The third-order valence-corrected chi connectivity index (χ3v) is 9.53. The monoisotopic (exact) mass is 654 g/mol. The average molecular weight is 655 g/mol. The molecular formula is C44H26N6O. The molecule has 0 saturated heterocycles. The van der Waals surface area contributed by atoms with E-state index >= 15 is 0 Å². The van der Waals surface area contributed by atoms with Crippen LogP contribution in [0.1, 0.15) is 27.3 Å². The summed E-state index contributed by atoms with van der Waals surface area (Å²) in [7, 11) is 0.